The summed E-state index contributed by atoms with van der Waals surface area (Å²) < 4.78 is 16.3. The number of rotatable bonds is 19. The van der Waals surface area contributed by atoms with Crippen LogP contribution < -0.4 is 4.74 Å². The summed E-state index contributed by atoms with van der Waals surface area (Å²) in [6.07, 6.45) is 15.5. The summed E-state index contributed by atoms with van der Waals surface area (Å²) in [5.74, 6) is 4.29. The Morgan fingerprint density at radius 1 is 0.830 bits per heavy atom. The van der Waals surface area contributed by atoms with E-state index in [-0.39, 0.29) is 18.8 Å². The predicted octanol–water partition coefficient (Wildman–Crippen LogP) is 10.5. The van der Waals surface area contributed by atoms with Crippen molar-refractivity contribution in [2.45, 2.75) is 103 Å². The Morgan fingerprint density at radius 3 is 2.11 bits per heavy atom. The van der Waals surface area contributed by atoms with Crippen molar-refractivity contribution in [3.8, 4) is 28.0 Å². The smallest absolute Gasteiger partial charge is 0.335 e. The zero-order chi connectivity index (χ0) is 37.6. The predicted molar refractivity (Wildman–Crippen MR) is 215 cm³/mol. The van der Waals surface area contributed by atoms with E-state index in [9.17, 15) is 9.90 Å². The minimum Gasteiger partial charge on any atom is -0.491 e. The second-order valence-electron chi connectivity index (χ2n) is 15.7. The van der Waals surface area contributed by atoms with Gasteiger partial charge in [0.2, 0.25) is 0 Å². The largest absolute Gasteiger partial charge is 0.491 e. The van der Waals surface area contributed by atoms with Gasteiger partial charge in [-0.1, -0.05) is 107 Å². The average Bonchev–Trinajstić information content (AvgIpc) is 3.20. The molecule has 1 atom stereocenters. The molecule has 0 heterocycles. The zero-order valence-corrected chi connectivity index (χ0v) is 32.1. The van der Waals surface area contributed by atoms with E-state index < -0.39 is 12.3 Å². The summed E-state index contributed by atoms with van der Waals surface area (Å²) in [4.78, 5) is 11.8. The van der Waals surface area contributed by atoms with Crippen molar-refractivity contribution < 1.29 is 29.2 Å². The summed E-state index contributed by atoms with van der Waals surface area (Å²) in [7, 11) is 0. The molecule has 0 aromatic heterocycles. The van der Waals surface area contributed by atoms with Gasteiger partial charge in [0.15, 0.2) is 6.29 Å². The number of benzene rings is 3. The van der Waals surface area contributed by atoms with Crippen LogP contribution in [0.3, 0.4) is 0 Å². The third-order valence-corrected chi connectivity index (χ3v) is 11.6. The molecule has 0 amide bonds. The highest BCUT2D eigenvalue weighted by Crippen LogP contribution is 2.47. The molecule has 2 fully saturated rings. The van der Waals surface area contributed by atoms with Crippen LogP contribution in [-0.2, 0) is 20.7 Å². The van der Waals surface area contributed by atoms with E-state index in [1.807, 2.05) is 12.1 Å². The van der Waals surface area contributed by atoms with Crippen LogP contribution in [-0.4, -0.2) is 48.9 Å². The van der Waals surface area contributed by atoms with Crippen molar-refractivity contribution in [2.75, 3.05) is 26.4 Å². The summed E-state index contributed by atoms with van der Waals surface area (Å²) in [5, 5.41) is 18.6. The molecule has 0 radical (unpaired) electrons. The number of esters is 1. The molecule has 2 aliphatic carbocycles. The molecule has 286 valence electrons. The lowest BCUT2D eigenvalue weighted by atomic mass is 9.67. The van der Waals surface area contributed by atoms with Gasteiger partial charge < -0.3 is 24.4 Å². The van der Waals surface area contributed by atoms with Crippen LogP contribution in [0, 0.1) is 23.7 Å². The highest BCUT2D eigenvalue weighted by molar-refractivity contribution is 5.87. The van der Waals surface area contributed by atoms with Gasteiger partial charge in [-0.25, -0.2) is 4.79 Å². The van der Waals surface area contributed by atoms with Gasteiger partial charge in [-0.2, -0.15) is 0 Å². The Morgan fingerprint density at radius 2 is 1.47 bits per heavy atom. The van der Waals surface area contributed by atoms with Gasteiger partial charge in [-0.3, -0.25) is 0 Å². The van der Waals surface area contributed by atoms with Crippen LogP contribution in [0.5, 0.6) is 5.75 Å². The second-order valence-corrected chi connectivity index (χ2v) is 15.7. The molecule has 6 nitrogen and oxygen atoms in total. The minimum absolute atomic E-state index is 0.0804. The van der Waals surface area contributed by atoms with Gasteiger partial charge >= 0.3 is 5.97 Å². The number of hydrogen-bond donors (Lipinski definition) is 2. The first kappa shape index (κ1) is 40.5. The lowest BCUT2D eigenvalue weighted by Gasteiger charge is -2.38. The fourth-order valence-electron chi connectivity index (χ4n) is 8.36. The highest BCUT2D eigenvalue weighted by atomic mass is 16.6. The van der Waals surface area contributed by atoms with Crippen LogP contribution in [0.4, 0.5) is 0 Å². The molecule has 0 saturated heterocycles. The van der Waals surface area contributed by atoms with E-state index in [1.165, 1.54) is 104 Å². The molecule has 2 N–H and O–H groups in total. The van der Waals surface area contributed by atoms with E-state index in [1.54, 1.807) is 0 Å². The fraction of sp³-hybridized carbons (Fsp3) is 0.511. The van der Waals surface area contributed by atoms with Crippen molar-refractivity contribution in [3.05, 3.63) is 103 Å². The first-order valence-electron chi connectivity index (χ1n) is 20.1. The van der Waals surface area contributed by atoms with Gasteiger partial charge in [-0.05, 0) is 133 Å². The lowest BCUT2D eigenvalue weighted by molar-refractivity contribution is -0.139. The molecule has 5 rings (SSSR count). The standard InChI is InChI=1S/C47H62O6/c1-5-46(49)52-30-29-51-43-25-22-40(23-26-43)44-27-24-42(39-16-10-35(11-17-39)7-6-28-53-47(50)34(4)32-48)31-45(44)41-20-18-38(19-21-41)37-14-12-36(13-15-37)9-8-33(2)3/h5,10-11,16-17,22-27,31,33,36-38,41,46,48-49H,1,4,6-9,12-15,18-21,28-30,32H2,2-3H3. The van der Waals surface area contributed by atoms with Crippen molar-refractivity contribution >= 4 is 5.97 Å². The molecular weight excluding hydrogens is 661 g/mol. The van der Waals surface area contributed by atoms with Gasteiger partial charge in [0.05, 0.1) is 25.4 Å². The van der Waals surface area contributed by atoms with Gasteiger partial charge in [0.25, 0.3) is 0 Å². The first-order chi connectivity index (χ1) is 25.7. The maximum atomic E-state index is 11.8. The number of hydrogen-bond acceptors (Lipinski definition) is 6. The Bertz CT molecular complexity index is 1580. The Balaban J connectivity index is 1.26. The topological polar surface area (TPSA) is 85.2 Å². The molecule has 2 saturated carbocycles. The number of carbonyl (C=O) groups is 1. The molecule has 3 aromatic carbocycles. The number of aliphatic hydroxyl groups excluding tert-OH is 2. The maximum absolute atomic E-state index is 11.8. The molecule has 2 aliphatic rings. The number of carbonyl (C=O) groups excluding carboxylic acids is 1. The third-order valence-electron chi connectivity index (χ3n) is 11.6. The van der Waals surface area contributed by atoms with E-state index in [0.717, 1.165) is 35.8 Å². The zero-order valence-electron chi connectivity index (χ0n) is 32.1. The molecule has 0 bridgehead atoms. The molecule has 3 aromatic rings. The Labute approximate surface area is 318 Å². The van der Waals surface area contributed by atoms with Crippen LogP contribution in [0.15, 0.2) is 91.5 Å². The SMILES string of the molecule is C=CC(O)OCCOc1ccc(-c2ccc(-c3ccc(CCCOC(=O)C(=C)CO)cc3)cc2C2CCC(C3CCC(CCC(C)C)CC3)CC2)cc1. The quantitative estimate of drug-likeness (QED) is 0.0421. The molecule has 53 heavy (non-hydrogen) atoms. The van der Waals surface area contributed by atoms with Gasteiger partial charge in [-0.15, -0.1) is 0 Å². The van der Waals surface area contributed by atoms with Gasteiger partial charge in [0, 0.05) is 0 Å². The van der Waals surface area contributed by atoms with Crippen LogP contribution >= 0.6 is 0 Å². The van der Waals surface area contributed by atoms with Crippen molar-refractivity contribution in [3.63, 3.8) is 0 Å². The van der Waals surface area contributed by atoms with Crippen molar-refractivity contribution in [2.24, 2.45) is 23.7 Å². The molecule has 1 unspecified atom stereocenters. The minimum atomic E-state index is -0.979. The molecular formula is C47H62O6. The van der Waals surface area contributed by atoms with E-state index in [2.05, 4.69) is 81.6 Å². The van der Waals surface area contributed by atoms with Crippen molar-refractivity contribution in [1.82, 2.24) is 0 Å². The van der Waals surface area contributed by atoms with E-state index >= 15 is 0 Å². The molecule has 0 aliphatic heterocycles. The number of aryl methyl sites for hydroxylation is 1. The van der Waals surface area contributed by atoms with E-state index in [0.29, 0.717) is 25.6 Å². The molecule has 6 heteroatoms. The lowest BCUT2D eigenvalue weighted by Crippen LogP contribution is -2.25. The Kier molecular flexibility index (Phi) is 15.8. The fourth-order valence-corrected chi connectivity index (χ4v) is 8.36. The van der Waals surface area contributed by atoms with Crippen LogP contribution in [0.25, 0.3) is 22.3 Å². The van der Waals surface area contributed by atoms with Crippen molar-refractivity contribution in [1.29, 1.82) is 0 Å². The summed E-state index contributed by atoms with van der Waals surface area (Å²) in [6, 6.07) is 24.1. The summed E-state index contributed by atoms with van der Waals surface area (Å²) in [5.41, 5.74) is 7.63. The maximum Gasteiger partial charge on any atom is 0.335 e. The average molecular weight is 723 g/mol. The highest BCUT2D eigenvalue weighted by Gasteiger charge is 2.32. The summed E-state index contributed by atoms with van der Waals surface area (Å²) in [6.45, 7) is 12.3. The van der Waals surface area contributed by atoms with Crippen LogP contribution in [0.1, 0.15) is 102 Å². The number of aliphatic hydroxyl groups is 2. The van der Waals surface area contributed by atoms with Crippen LogP contribution in [0.2, 0.25) is 0 Å². The Hall–Kier alpha value is -3.71. The number of ether oxygens (including phenoxy) is 3. The second kappa shape index (κ2) is 20.7. The van der Waals surface area contributed by atoms with E-state index in [4.69, 9.17) is 19.3 Å². The third kappa shape index (κ3) is 12.1. The summed E-state index contributed by atoms with van der Waals surface area (Å²) >= 11 is 0. The van der Waals surface area contributed by atoms with Gasteiger partial charge in [0.1, 0.15) is 12.4 Å². The normalized spacial score (nSPS) is 20.8. The monoisotopic (exact) mass is 722 g/mol. The molecule has 0 spiro atoms. The first-order valence-corrected chi connectivity index (χ1v) is 20.1.